The van der Waals surface area contributed by atoms with E-state index in [-0.39, 0.29) is 35.8 Å². The number of imide groups is 2. The lowest BCUT2D eigenvalue weighted by molar-refractivity contribution is -0.126. The molecule has 1 N–H and O–H groups in total. The van der Waals surface area contributed by atoms with Crippen LogP contribution in [0.5, 0.6) is 5.75 Å². The molecule has 13 heteroatoms. The minimum absolute atomic E-state index is 0.164. The van der Waals surface area contributed by atoms with Gasteiger partial charge in [-0.1, -0.05) is 23.8 Å². The van der Waals surface area contributed by atoms with Gasteiger partial charge in [0, 0.05) is 45.5 Å². The fourth-order valence-corrected chi connectivity index (χ4v) is 9.84. The molecule has 4 aliphatic rings. The van der Waals surface area contributed by atoms with Gasteiger partial charge in [0.05, 0.1) is 57.8 Å². The van der Waals surface area contributed by atoms with Gasteiger partial charge in [-0.05, 0) is 146 Å². The summed E-state index contributed by atoms with van der Waals surface area (Å²) in [6.45, 7) is 3.62. The molecule has 2 aliphatic heterocycles. The average molecular weight is 841 g/mol. The van der Waals surface area contributed by atoms with Gasteiger partial charge >= 0.3 is 0 Å². The van der Waals surface area contributed by atoms with Crippen molar-refractivity contribution in [3.05, 3.63) is 138 Å². The fraction of sp³-hybridized carbons (Fsp3) is 0.280. The highest BCUT2D eigenvalue weighted by Gasteiger charge is 2.62. The van der Waals surface area contributed by atoms with E-state index in [9.17, 15) is 24.3 Å². The summed E-state index contributed by atoms with van der Waals surface area (Å²) in [6.07, 6.45) is 2.59. The minimum Gasteiger partial charge on any atom is -0.507 e. The van der Waals surface area contributed by atoms with Gasteiger partial charge in [-0.15, -0.1) is 0 Å². The van der Waals surface area contributed by atoms with Gasteiger partial charge in [0.15, 0.2) is 0 Å². The molecule has 6 atom stereocenters. The smallest absolute Gasteiger partial charge is 0.238 e. The molecular weight excluding hydrogens is 793 g/mol. The summed E-state index contributed by atoms with van der Waals surface area (Å²) in [7, 11) is 7.87. The van der Waals surface area contributed by atoms with Crippen molar-refractivity contribution in [3.8, 4) is 5.75 Å². The zero-order chi connectivity index (χ0) is 44.3. The van der Waals surface area contributed by atoms with Gasteiger partial charge in [0.25, 0.3) is 0 Å². The maximum atomic E-state index is 14.7. The molecule has 5 aromatic carbocycles. The van der Waals surface area contributed by atoms with Crippen LogP contribution in [0, 0.1) is 43.4 Å². The van der Waals surface area contributed by atoms with Crippen LogP contribution in [0.4, 0.5) is 45.5 Å². The van der Waals surface area contributed by atoms with Crippen molar-refractivity contribution in [1.29, 1.82) is 0 Å². The summed E-state index contributed by atoms with van der Waals surface area (Å²) in [4.78, 5) is 64.7. The predicted molar refractivity (Wildman–Crippen MR) is 243 cm³/mol. The lowest BCUT2D eigenvalue weighted by atomic mass is 9.57. The first kappa shape index (κ1) is 41.1. The molecule has 2 saturated heterocycles. The molecule has 0 bridgehead atoms. The van der Waals surface area contributed by atoms with Gasteiger partial charge in [-0.2, -0.15) is 20.5 Å². The molecule has 0 aromatic heterocycles. The number of aromatic hydroxyl groups is 1. The van der Waals surface area contributed by atoms with E-state index in [1.54, 1.807) is 48.5 Å². The van der Waals surface area contributed by atoms with Crippen molar-refractivity contribution in [3.63, 3.8) is 0 Å². The molecule has 5 aromatic rings. The third-order valence-corrected chi connectivity index (χ3v) is 13.0. The maximum Gasteiger partial charge on any atom is 0.238 e. The summed E-state index contributed by atoms with van der Waals surface area (Å²) < 4.78 is 0. The van der Waals surface area contributed by atoms with Crippen molar-refractivity contribution in [1.82, 2.24) is 0 Å². The number of carbonyl (C=O) groups excluding carboxylic acids is 4. The Kier molecular flexibility index (Phi) is 10.6. The largest absolute Gasteiger partial charge is 0.507 e. The molecule has 0 spiro atoms. The Morgan fingerprint density at radius 1 is 0.524 bits per heavy atom. The Labute approximate surface area is 366 Å². The molecule has 4 amide bonds. The molecule has 13 nitrogen and oxygen atoms in total. The van der Waals surface area contributed by atoms with Crippen molar-refractivity contribution in [2.75, 3.05) is 47.8 Å². The zero-order valence-electron chi connectivity index (χ0n) is 36.0. The fourth-order valence-electron chi connectivity index (χ4n) is 9.84. The lowest BCUT2D eigenvalue weighted by Crippen LogP contribution is -2.43. The Morgan fingerprint density at radius 2 is 0.921 bits per heavy atom. The summed E-state index contributed by atoms with van der Waals surface area (Å²) >= 11 is 0. The van der Waals surface area contributed by atoms with Crippen molar-refractivity contribution >= 4 is 69.1 Å². The molecule has 0 radical (unpaired) electrons. The van der Waals surface area contributed by atoms with E-state index in [1.807, 2.05) is 119 Å². The molecule has 318 valence electrons. The van der Waals surface area contributed by atoms with E-state index in [4.69, 9.17) is 0 Å². The number of anilines is 4. The number of carbonyl (C=O) groups is 4. The molecule has 0 unspecified atom stereocenters. The first-order valence-corrected chi connectivity index (χ1v) is 21.1. The standard InChI is InChI=1S/C50H48N8O5/c1-28-25-30(26-29(2)46(28)59)43-39-23-24-40-44(49(62)57(47(40)60)37-19-11-33(12-20-37)53-51-31-7-15-35(16-8-31)55(3)4)41(39)27-42-45(43)50(63)58(48(42)61)38-21-13-34(14-22-38)54-52-32-9-17-36(18-10-32)56(5)6/h7-23,25-26,40-45,59H,24,27H2,1-6H3/t40-,41+,42+,43-,44-,45+/m0/s1. The van der Waals surface area contributed by atoms with Crippen LogP contribution in [0.15, 0.2) is 141 Å². The Morgan fingerprint density at radius 3 is 1.35 bits per heavy atom. The Hall–Kier alpha value is -7.28. The van der Waals surface area contributed by atoms with Crippen molar-refractivity contribution < 1.29 is 24.3 Å². The molecule has 3 fully saturated rings. The quantitative estimate of drug-likeness (QED) is 0.0882. The number of hydrogen-bond acceptors (Lipinski definition) is 11. The third-order valence-electron chi connectivity index (χ3n) is 13.0. The van der Waals surface area contributed by atoms with E-state index in [2.05, 4.69) is 20.5 Å². The number of allylic oxidation sites excluding steroid dienone is 2. The van der Waals surface area contributed by atoms with Crippen LogP contribution in [-0.2, 0) is 19.2 Å². The van der Waals surface area contributed by atoms with Gasteiger partial charge in [-0.25, -0.2) is 0 Å². The number of hydrogen-bond donors (Lipinski definition) is 1. The number of azo groups is 2. The topological polar surface area (TPSA) is 151 Å². The van der Waals surface area contributed by atoms with Crippen LogP contribution < -0.4 is 19.6 Å². The van der Waals surface area contributed by atoms with E-state index < -0.39 is 35.5 Å². The lowest BCUT2D eigenvalue weighted by Gasteiger charge is -2.44. The highest BCUT2D eigenvalue weighted by molar-refractivity contribution is 6.24. The normalized spacial score (nSPS) is 23.0. The average Bonchev–Trinajstić information content (AvgIpc) is 3.69. The minimum atomic E-state index is -0.750. The number of aryl methyl sites for hydroxylation is 2. The monoisotopic (exact) mass is 840 g/mol. The van der Waals surface area contributed by atoms with E-state index >= 15 is 0 Å². The number of phenols is 1. The van der Waals surface area contributed by atoms with Crippen LogP contribution in [0.3, 0.4) is 0 Å². The summed E-state index contributed by atoms with van der Waals surface area (Å²) in [5, 5.41) is 28.2. The zero-order valence-corrected chi connectivity index (χ0v) is 36.0. The number of fused-ring (bicyclic) bond motifs is 4. The van der Waals surface area contributed by atoms with Crippen LogP contribution in [0.25, 0.3) is 0 Å². The molecule has 2 aliphatic carbocycles. The number of phenolic OH excluding ortho intramolecular Hbond substituents is 1. The van der Waals surface area contributed by atoms with Gasteiger partial charge in [0.2, 0.25) is 23.6 Å². The highest BCUT2D eigenvalue weighted by Crippen LogP contribution is 2.59. The van der Waals surface area contributed by atoms with E-state index in [0.717, 1.165) is 22.5 Å². The number of benzene rings is 5. The van der Waals surface area contributed by atoms with E-state index in [1.165, 1.54) is 9.80 Å². The Balaban J connectivity index is 0.996. The number of nitrogens with zero attached hydrogens (tertiary/aromatic N) is 8. The summed E-state index contributed by atoms with van der Waals surface area (Å²) in [6, 6.07) is 32.8. The molecule has 63 heavy (non-hydrogen) atoms. The maximum absolute atomic E-state index is 14.7. The molecule has 9 rings (SSSR count). The van der Waals surface area contributed by atoms with Crippen molar-refractivity contribution in [2.45, 2.75) is 32.6 Å². The highest BCUT2D eigenvalue weighted by atomic mass is 16.3. The number of rotatable bonds is 9. The number of amides is 4. The van der Waals surface area contributed by atoms with Gasteiger partial charge < -0.3 is 14.9 Å². The molecule has 1 saturated carbocycles. The first-order chi connectivity index (χ1) is 30.3. The SMILES string of the molecule is Cc1cc([C@H]2C3=CC[C@@H]4C(=O)N(c5ccc(N=Nc6ccc(N(C)C)cc6)cc5)C(=O)[C@@H]4[C@@H]3C[C@H]3C(=O)N(c4ccc(N=Nc5ccc(N(C)C)cc5)cc4)C(=O)[C@@H]23)cc(C)c1O. The van der Waals surface area contributed by atoms with Crippen LogP contribution in [0.1, 0.15) is 35.4 Å². The predicted octanol–water partition coefficient (Wildman–Crippen LogP) is 10.0. The van der Waals surface area contributed by atoms with Crippen LogP contribution in [-0.4, -0.2) is 56.9 Å². The van der Waals surface area contributed by atoms with Gasteiger partial charge in [0.1, 0.15) is 5.75 Å². The third kappa shape index (κ3) is 7.36. The molecule has 2 heterocycles. The van der Waals surface area contributed by atoms with Crippen LogP contribution >= 0.6 is 0 Å². The second kappa shape index (κ2) is 16.2. The second-order valence-electron chi connectivity index (χ2n) is 17.3. The Bertz CT molecular complexity index is 2700. The molecular formula is C50H48N8O5. The second-order valence-corrected chi connectivity index (χ2v) is 17.3. The van der Waals surface area contributed by atoms with Crippen molar-refractivity contribution in [2.24, 2.45) is 50.0 Å². The van der Waals surface area contributed by atoms with E-state index in [0.29, 0.717) is 51.7 Å². The summed E-state index contributed by atoms with van der Waals surface area (Å²) in [5.41, 5.74) is 8.42. The van der Waals surface area contributed by atoms with Crippen LogP contribution in [0.2, 0.25) is 0 Å². The first-order valence-electron chi connectivity index (χ1n) is 21.1. The van der Waals surface area contributed by atoms with Gasteiger partial charge in [-0.3, -0.25) is 29.0 Å². The summed E-state index contributed by atoms with van der Waals surface area (Å²) in [5.74, 6) is -4.97.